The average molecular weight is 242 g/mol. The highest BCUT2D eigenvalue weighted by molar-refractivity contribution is 6.01. The smallest absolute Gasteiger partial charge is 0.312 e. The quantitative estimate of drug-likeness (QED) is 0.467. The molecule has 0 saturated carbocycles. The van der Waals surface area contributed by atoms with Crippen LogP contribution in [0.2, 0.25) is 0 Å². The van der Waals surface area contributed by atoms with Crippen LogP contribution in [0.15, 0.2) is 18.2 Å². The molecule has 90 valence electrons. The van der Waals surface area contributed by atoms with Crippen molar-refractivity contribution < 1.29 is 24.0 Å². The molecule has 17 heavy (non-hydrogen) atoms. The summed E-state index contributed by atoms with van der Waals surface area (Å²) in [5.41, 5.74) is -0.831. The molecule has 0 spiro atoms. The summed E-state index contributed by atoms with van der Waals surface area (Å²) in [6.45, 7) is 0. The number of amides is 1. The van der Waals surface area contributed by atoms with Crippen LogP contribution in [0, 0.1) is 15.9 Å². The van der Waals surface area contributed by atoms with Crippen LogP contribution < -0.4 is 5.32 Å². The van der Waals surface area contributed by atoms with E-state index in [0.717, 1.165) is 18.2 Å². The Bertz CT molecular complexity index is 488. The number of nitrogens with one attached hydrogen (secondary N) is 1. The molecule has 0 unspecified atom stereocenters. The predicted molar refractivity (Wildman–Crippen MR) is 53.9 cm³/mol. The molecular formula is C9H7FN2O5. The van der Waals surface area contributed by atoms with Crippen LogP contribution >= 0.6 is 0 Å². The van der Waals surface area contributed by atoms with E-state index in [1.165, 1.54) is 0 Å². The molecule has 8 heteroatoms. The first-order valence-corrected chi connectivity index (χ1v) is 4.35. The number of benzene rings is 1. The number of hydrogen-bond acceptors (Lipinski definition) is 4. The minimum atomic E-state index is -1.33. The predicted octanol–water partition coefficient (Wildman–Crippen LogP) is 1.15. The second kappa shape index (κ2) is 5.01. The highest BCUT2D eigenvalue weighted by atomic mass is 19.1. The van der Waals surface area contributed by atoms with Gasteiger partial charge in [-0.3, -0.25) is 19.7 Å². The second-order valence-electron chi connectivity index (χ2n) is 3.04. The maximum absolute atomic E-state index is 12.9. The molecule has 0 aliphatic heterocycles. The van der Waals surface area contributed by atoms with Crippen molar-refractivity contribution in [3.63, 3.8) is 0 Å². The number of halogens is 1. The van der Waals surface area contributed by atoms with Crippen LogP contribution in [-0.2, 0) is 9.59 Å². The minimum Gasteiger partial charge on any atom is -0.481 e. The largest absolute Gasteiger partial charge is 0.481 e. The van der Waals surface area contributed by atoms with Gasteiger partial charge >= 0.3 is 11.7 Å². The molecule has 0 aliphatic rings. The molecule has 0 bridgehead atoms. The van der Waals surface area contributed by atoms with Crippen LogP contribution in [0.25, 0.3) is 0 Å². The molecule has 0 saturated heterocycles. The van der Waals surface area contributed by atoms with Gasteiger partial charge in [-0.2, -0.15) is 4.39 Å². The van der Waals surface area contributed by atoms with Crippen molar-refractivity contribution in [3.05, 3.63) is 34.1 Å². The summed E-state index contributed by atoms with van der Waals surface area (Å²) >= 11 is 0. The molecule has 0 heterocycles. The molecule has 1 aromatic rings. The molecular weight excluding hydrogens is 235 g/mol. The van der Waals surface area contributed by atoms with Gasteiger partial charge in [0.1, 0.15) is 6.42 Å². The summed E-state index contributed by atoms with van der Waals surface area (Å²) in [4.78, 5) is 30.7. The van der Waals surface area contributed by atoms with E-state index in [1.807, 2.05) is 0 Å². The fraction of sp³-hybridized carbons (Fsp3) is 0.111. The van der Waals surface area contributed by atoms with Crippen molar-refractivity contribution in [2.24, 2.45) is 0 Å². The molecule has 0 aromatic heterocycles. The monoisotopic (exact) mass is 242 g/mol. The van der Waals surface area contributed by atoms with Crippen molar-refractivity contribution in [1.29, 1.82) is 0 Å². The number of carbonyl (C=O) groups excluding carboxylic acids is 1. The van der Waals surface area contributed by atoms with Gasteiger partial charge in [-0.05, 0) is 12.1 Å². The summed E-state index contributed by atoms with van der Waals surface area (Å²) in [7, 11) is 0. The number of nitro groups is 1. The highest BCUT2D eigenvalue weighted by Crippen LogP contribution is 2.21. The van der Waals surface area contributed by atoms with Crippen molar-refractivity contribution >= 4 is 23.3 Å². The molecule has 7 nitrogen and oxygen atoms in total. The Hall–Kier alpha value is -2.51. The van der Waals surface area contributed by atoms with E-state index in [2.05, 4.69) is 5.32 Å². The van der Waals surface area contributed by atoms with Crippen molar-refractivity contribution in [2.45, 2.75) is 6.42 Å². The summed E-state index contributed by atoms with van der Waals surface area (Å²) in [5, 5.41) is 20.8. The number of hydrogen-bond donors (Lipinski definition) is 2. The third-order valence-corrected chi connectivity index (χ3v) is 1.74. The molecule has 0 aliphatic carbocycles. The lowest BCUT2D eigenvalue weighted by Crippen LogP contribution is -2.16. The molecule has 1 aromatic carbocycles. The number of carboxylic acid groups (broad SMARTS) is 1. The Balaban J connectivity index is 2.86. The van der Waals surface area contributed by atoms with Crippen LogP contribution in [0.3, 0.4) is 0 Å². The Labute approximate surface area is 94.0 Å². The molecule has 1 rings (SSSR count). The van der Waals surface area contributed by atoms with Crippen LogP contribution in [0.1, 0.15) is 6.42 Å². The first kappa shape index (κ1) is 12.6. The minimum absolute atomic E-state index is 0.0376. The fourth-order valence-electron chi connectivity index (χ4n) is 1.07. The average Bonchev–Trinajstić information content (AvgIpc) is 2.19. The lowest BCUT2D eigenvalue weighted by atomic mass is 10.2. The number of nitrogens with zero attached hydrogens (tertiary/aromatic N) is 1. The van der Waals surface area contributed by atoms with Gasteiger partial charge in [-0.15, -0.1) is 0 Å². The summed E-state index contributed by atoms with van der Waals surface area (Å²) < 4.78 is 12.9. The standard InChI is InChI=1S/C9H7FN2O5/c10-6-2-1-5(3-7(6)12(16)17)11-8(13)4-9(14)15/h1-3H,4H2,(H,11,13)(H,14,15). The SMILES string of the molecule is O=C(O)CC(=O)Nc1ccc(F)c([N+](=O)[O-])c1. The summed E-state index contributed by atoms with van der Waals surface area (Å²) in [6, 6.07) is 2.73. The highest BCUT2D eigenvalue weighted by Gasteiger charge is 2.15. The van der Waals surface area contributed by atoms with Gasteiger partial charge in [0.05, 0.1) is 4.92 Å². The Morgan fingerprint density at radius 3 is 2.65 bits per heavy atom. The van der Waals surface area contributed by atoms with Gasteiger partial charge in [-0.1, -0.05) is 0 Å². The van der Waals surface area contributed by atoms with Gasteiger partial charge < -0.3 is 10.4 Å². The zero-order valence-corrected chi connectivity index (χ0v) is 8.34. The van der Waals surface area contributed by atoms with Crippen LogP contribution in [0.4, 0.5) is 15.8 Å². The van der Waals surface area contributed by atoms with Crippen LogP contribution in [0.5, 0.6) is 0 Å². The van der Waals surface area contributed by atoms with E-state index >= 15 is 0 Å². The van der Waals surface area contributed by atoms with Crippen molar-refractivity contribution in [2.75, 3.05) is 5.32 Å². The topological polar surface area (TPSA) is 110 Å². The van der Waals surface area contributed by atoms with Gasteiger partial charge in [-0.25, -0.2) is 0 Å². The molecule has 0 atom stereocenters. The Morgan fingerprint density at radius 2 is 2.12 bits per heavy atom. The Morgan fingerprint density at radius 1 is 1.47 bits per heavy atom. The zero-order valence-electron chi connectivity index (χ0n) is 8.34. The molecule has 1 amide bonds. The summed E-state index contributed by atoms with van der Waals surface area (Å²) in [6.07, 6.45) is -0.773. The molecule has 2 N–H and O–H groups in total. The normalized spacial score (nSPS) is 9.71. The van der Waals surface area contributed by atoms with E-state index in [0.29, 0.717) is 0 Å². The number of nitro benzene ring substituents is 1. The lowest BCUT2D eigenvalue weighted by molar-refractivity contribution is -0.387. The number of anilines is 1. The summed E-state index contributed by atoms with van der Waals surface area (Å²) in [5.74, 6) is -3.22. The fourth-order valence-corrected chi connectivity index (χ4v) is 1.07. The van der Waals surface area contributed by atoms with E-state index in [1.54, 1.807) is 0 Å². The number of aliphatic carboxylic acids is 1. The van der Waals surface area contributed by atoms with Gasteiger partial charge in [0.25, 0.3) is 0 Å². The zero-order chi connectivity index (χ0) is 13.0. The van der Waals surface area contributed by atoms with E-state index in [9.17, 15) is 24.1 Å². The lowest BCUT2D eigenvalue weighted by Gasteiger charge is -2.03. The van der Waals surface area contributed by atoms with Gasteiger partial charge in [0.15, 0.2) is 0 Å². The number of carboxylic acids is 1. The third-order valence-electron chi connectivity index (χ3n) is 1.74. The van der Waals surface area contributed by atoms with Crippen molar-refractivity contribution in [3.8, 4) is 0 Å². The van der Waals surface area contributed by atoms with E-state index in [-0.39, 0.29) is 5.69 Å². The van der Waals surface area contributed by atoms with Gasteiger partial charge in [0.2, 0.25) is 11.7 Å². The first-order chi connectivity index (χ1) is 7.90. The number of carbonyl (C=O) groups is 2. The first-order valence-electron chi connectivity index (χ1n) is 4.35. The van der Waals surface area contributed by atoms with Crippen molar-refractivity contribution in [1.82, 2.24) is 0 Å². The van der Waals surface area contributed by atoms with Crippen LogP contribution in [-0.4, -0.2) is 21.9 Å². The Kier molecular flexibility index (Phi) is 3.70. The van der Waals surface area contributed by atoms with E-state index < -0.39 is 34.7 Å². The maximum Gasteiger partial charge on any atom is 0.312 e. The number of rotatable bonds is 4. The molecule has 0 fully saturated rings. The van der Waals surface area contributed by atoms with E-state index in [4.69, 9.17) is 5.11 Å². The molecule has 0 radical (unpaired) electrons. The third kappa shape index (κ3) is 3.52. The van der Waals surface area contributed by atoms with Gasteiger partial charge in [0, 0.05) is 11.8 Å². The second-order valence-corrected chi connectivity index (χ2v) is 3.04. The maximum atomic E-state index is 12.9.